The molecule has 2 amide bonds. The molecule has 22 heavy (non-hydrogen) atoms. The smallest absolute Gasteiger partial charge is 0.317 e. The number of carboxylic acids is 1. The highest BCUT2D eigenvalue weighted by atomic mass is 16.4. The molecule has 0 aromatic rings. The van der Waals surface area contributed by atoms with Crippen molar-refractivity contribution in [3.05, 3.63) is 12.7 Å². The maximum atomic E-state index is 12.2. The van der Waals surface area contributed by atoms with E-state index in [1.165, 1.54) is 0 Å². The van der Waals surface area contributed by atoms with Gasteiger partial charge in [-0.2, -0.15) is 0 Å². The first-order valence-corrected chi connectivity index (χ1v) is 7.62. The Morgan fingerprint density at radius 1 is 1.36 bits per heavy atom. The van der Waals surface area contributed by atoms with Gasteiger partial charge in [-0.25, -0.2) is 0 Å². The largest absolute Gasteiger partial charge is 0.480 e. The van der Waals surface area contributed by atoms with E-state index >= 15 is 0 Å². The summed E-state index contributed by atoms with van der Waals surface area (Å²) in [6.45, 7) is 5.93. The van der Waals surface area contributed by atoms with Crippen molar-refractivity contribution in [2.75, 3.05) is 32.7 Å². The van der Waals surface area contributed by atoms with E-state index < -0.39 is 5.97 Å². The van der Waals surface area contributed by atoms with Crippen LogP contribution < -0.4 is 5.32 Å². The van der Waals surface area contributed by atoms with Gasteiger partial charge in [0.25, 0.3) is 0 Å². The average molecular weight is 309 g/mol. The van der Waals surface area contributed by atoms with Crippen LogP contribution in [0.2, 0.25) is 0 Å². The first-order valence-electron chi connectivity index (χ1n) is 7.62. The van der Waals surface area contributed by atoms with Crippen LogP contribution in [0.5, 0.6) is 0 Å². The highest BCUT2D eigenvalue weighted by Gasteiger charge is 2.34. The normalized spacial score (nSPS) is 23.5. The molecule has 0 saturated carbocycles. The third-order valence-corrected chi connectivity index (χ3v) is 4.23. The van der Waals surface area contributed by atoms with E-state index in [-0.39, 0.29) is 36.7 Å². The van der Waals surface area contributed by atoms with Crippen LogP contribution in [0.25, 0.3) is 0 Å². The number of hydrogen-bond donors (Lipinski definition) is 2. The van der Waals surface area contributed by atoms with Crippen LogP contribution in [0.4, 0.5) is 0 Å². The second-order valence-electron chi connectivity index (χ2n) is 5.94. The Bertz CT molecular complexity index is 458. The van der Waals surface area contributed by atoms with Gasteiger partial charge in [0.15, 0.2) is 0 Å². The summed E-state index contributed by atoms with van der Waals surface area (Å²) in [6.07, 6.45) is 3.42. The zero-order chi connectivity index (χ0) is 16.1. The molecule has 0 aromatic heterocycles. The minimum atomic E-state index is -0.825. The maximum absolute atomic E-state index is 12.2. The Balaban J connectivity index is 1.75. The molecule has 0 aliphatic carbocycles. The summed E-state index contributed by atoms with van der Waals surface area (Å²) in [5.74, 6) is -1.19. The van der Waals surface area contributed by atoms with Crippen molar-refractivity contribution in [2.45, 2.75) is 25.3 Å². The van der Waals surface area contributed by atoms with Crippen molar-refractivity contribution in [3.8, 4) is 0 Å². The standard InChI is InChI=1S/C15H23N3O4/c1-2-5-18-9-11(8-13(18)19)15(22)16-12-3-6-17(7-4-12)10-14(20)21/h2,11-12H,1,3-10H2,(H,16,22)(H,20,21). The highest BCUT2D eigenvalue weighted by molar-refractivity contribution is 5.89. The van der Waals surface area contributed by atoms with Crippen molar-refractivity contribution < 1.29 is 19.5 Å². The molecular formula is C15H23N3O4. The number of carbonyl (C=O) groups is 3. The lowest BCUT2D eigenvalue weighted by molar-refractivity contribution is -0.138. The van der Waals surface area contributed by atoms with Crippen molar-refractivity contribution in [1.82, 2.24) is 15.1 Å². The third kappa shape index (κ3) is 4.30. The molecule has 0 radical (unpaired) electrons. The van der Waals surface area contributed by atoms with Gasteiger partial charge in [0.2, 0.25) is 11.8 Å². The van der Waals surface area contributed by atoms with Gasteiger partial charge in [0, 0.05) is 38.6 Å². The number of aliphatic carboxylic acids is 1. The molecule has 2 rings (SSSR count). The number of hydrogen-bond acceptors (Lipinski definition) is 4. The number of carbonyl (C=O) groups excluding carboxylic acids is 2. The molecule has 2 fully saturated rings. The van der Waals surface area contributed by atoms with Crippen LogP contribution in [0.15, 0.2) is 12.7 Å². The van der Waals surface area contributed by atoms with Crippen LogP contribution in [0.3, 0.4) is 0 Å². The fourth-order valence-electron chi connectivity index (χ4n) is 3.03. The van der Waals surface area contributed by atoms with Gasteiger partial charge in [-0.1, -0.05) is 6.08 Å². The van der Waals surface area contributed by atoms with Crippen molar-refractivity contribution in [1.29, 1.82) is 0 Å². The van der Waals surface area contributed by atoms with Gasteiger partial charge in [-0.3, -0.25) is 19.3 Å². The molecule has 7 nitrogen and oxygen atoms in total. The Morgan fingerprint density at radius 2 is 2.05 bits per heavy atom. The molecule has 0 bridgehead atoms. The Labute approximate surface area is 129 Å². The van der Waals surface area contributed by atoms with Crippen molar-refractivity contribution in [2.24, 2.45) is 5.92 Å². The van der Waals surface area contributed by atoms with Gasteiger partial charge in [-0.05, 0) is 12.8 Å². The minimum Gasteiger partial charge on any atom is -0.480 e. The molecule has 0 aromatic carbocycles. The van der Waals surface area contributed by atoms with Crippen molar-refractivity contribution in [3.63, 3.8) is 0 Å². The molecule has 2 aliphatic rings. The van der Waals surface area contributed by atoms with Crippen LogP contribution in [-0.2, 0) is 14.4 Å². The van der Waals surface area contributed by atoms with E-state index in [1.807, 2.05) is 4.90 Å². The van der Waals surface area contributed by atoms with E-state index in [0.29, 0.717) is 26.2 Å². The van der Waals surface area contributed by atoms with Gasteiger partial charge in [0.05, 0.1) is 12.5 Å². The number of amides is 2. The highest BCUT2D eigenvalue weighted by Crippen LogP contribution is 2.19. The number of carboxylic acid groups (broad SMARTS) is 1. The third-order valence-electron chi connectivity index (χ3n) is 4.23. The lowest BCUT2D eigenvalue weighted by Gasteiger charge is -2.31. The topological polar surface area (TPSA) is 90.0 Å². The SMILES string of the molecule is C=CCN1CC(C(=O)NC2CCN(CC(=O)O)CC2)CC1=O. The zero-order valence-corrected chi connectivity index (χ0v) is 12.7. The zero-order valence-electron chi connectivity index (χ0n) is 12.7. The predicted molar refractivity (Wildman–Crippen MR) is 80.1 cm³/mol. The number of rotatable bonds is 6. The number of nitrogens with one attached hydrogen (secondary N) is 1. The van der Waals surface area contributed by atoms with Crippen LogP contribution >= 0.6 is 0 Å². The van der Waals surface area contributed by atoms with Gasteiger partial charge < -0.3 is 15.3 Å². The molecule has 2 aliphatic heterocycles. The van der Waals surface area contributed by atoms with Gasteiger partial charge in [0.1, 0.15) is 0 Å². The van der Waals surface area contributed by atoms with E-state index in [0.717, 1.165) is 12.8 Å². The van der Waals surface area contributed by atoms with E-state index in [2.05, 4.69) is 11.9 Å². The Kier molecular flexibility index (Phi) is 5.54. The summed E-state index contributed by atoms with van der Waals surface area (Å²) in [4.78, 5) is 38.2. The first-order chi connectivity index (χ1) is 10.5. The number of piperidine rings is 1. The second-order valence-corrected chi connectivity index (χ2v) is 5.94. The molecule has 7 heteroatoms. The lowest BCUT2D eigenvalue weighted by Crippen LogP contribution is -2.47. The predicted octanol–water partition coefficient (Wildman–Crippen LogP) is -0.314. The summed E-state index contributed by atoms with van der Waals surface area (Å²) in [5, 5.41) is 11.8. The molecule has 0 spiro atoms. The Morgan fingerprint density at radius 3 is 2.64 bits per heavy atom. The van der Waals surface area contributed by atoms with Crippen LogP contribution in [0.1, 0.15) is 19.3 Å². The van der Waals surface area contributed by atoms with E-state index in [9.17, 15) is 14.4 Å². The summed E-state index contributed by atoms with van der Waals surface area (Å²) in [5.41, 5.74) is 0. The minimum absolute atomic E-state index is 0.00340. The summed E-state index contributed by atoms with van der Waals surface area (Å²) in [7, 11) is 0. The molecule has 2 saturated heterocycles. The van der Waals surface area contributed by atoms with E-state index in [1.54, 1.807) is 11.0 Å². The average Bonchev–Trinajstić information content (AvgIpc) is 2.82. The summed E-state index contributed by atoms with van der Waals surface area (Å²) in [6, 6.07) is 0.0705. The van der Waals surface area contributed by atoms with Crippen LogP contribution in [-0.4, -0.2) is 71.5 Å². The molecule has 122 valence electrons. The second kappa shape index (κ2) is 7.40. The first kappa shape index (κ1) is 16.5. The van der Waals surface area contributed by atoms with Gasteiger partial charge in [-0.15, -0.1) is 6.58 Å². The molecule has 2 heterocycles. The monoisotopic (exact) mass is 309 g/mol. The molecule has 2 N–H and O–H groups in total. The molecule has 1 atom stereocenters. The molecule has 1 unspecified atom stereocenters. The summed E-state index contributed by atoms with van der Waals surface area (Å²) < 4.78 is 0. The fourth-order valence-corrected chi connectivity index (χ4v) is 3.03. The van der Waals surface area contributed by atoms with Crippen LogP contribution in [0, 0.1) is 5.92 Å². The van der Waals surface area contributed by atoms with Gasteiger partial charge >= 0.3 is 5.97 Å². The quantitative estimate of drug-likeness (QED) is 0.657. The Hall–Kier alpha value is -1.89. The van der Waals surface area contributed by atoms with Crippen molar-refractivity contribution >= 4 is 17.8 Å². The number of nitrogens with zero attached hydrogens (tertiary/aromatic N) is 2. The maximum Gasteiger partial charge on any atom is 0.317 e. The number of likely N-dealkylation sites (tertiary alicyclic amines) is 2. The fraction of sp³-hybridized carbons (Fsp3) is 0.667. The molecular weight excluding hydrogens is 286 g/mol. The summed E-state index contributed by atoms with van der Waals surface area (Å²) >= 11 is 0. The van der Waals surface area contributed by atoms with E-state index in [4.69, 9.17) is 5.11 Å². The lowest BCUT2D eigenvalue weighted by atomic mass is 10.0.